The van der Waals surface area contributed by atoms with Gasteiger partial charge in [0.05, 0.1) is 6.10 Å². The van der Waals surface area contributed by atoms with Crippen molar-refractivity contribution in [3.63, 3.8) is 0 Å². The van der Waals surface area contributed by atoms with Gasteiger partial charge in [-0.1, -0.05) is 30.3 Å². The van der Waals surface area contributed by atoms with Gasteiger partial charge in [0.2, 0.25) is 0 Å². The fourth-order valence-corrected chi connectivity index (χ4v) is 1.86. The molecule has 2 rings (SSSR count). The predicted octanol–water partition coefficient (Wildman–Crippen LogP) is 1.47. The van der Waals surface area contributed by atoms with Crippen molar-refractivity contribution in [3.05, 3.63) is 35.9 Å². The lowest BCUT2D eigenvalue weighted by molar-refractivity contribution is 0.137. The van der Waals surface area contributed by atoms with E-state index in [4.69, 9.17) is 0 Å². The third-order valence-corrected chi connectivity index (χ3v) is 2.62. The Morgan fingerprint density at radius 1 is 1.31 bits per heavy atom. The van der Waals surface area contributed by atoms with Crippen molar-refractivity contribution < 1.29 is 5.11 Å². The van der Waals surface area contributed by atoms with Crippen molar-refractivity contribution in [1.29, 1.82) is 0 Å². The Balaban J connectivity index is 2.08. The van der Waals surface area contributed by atoms with Gasteiger partial charge in [0.25, 0.3) is 0 Å². The molecule has 1 saturated heterocycles. The third-order valence-electron chi connectivity index (χ3n) is 2.62. The Hall–Kier alpha value is -0.860. The maximum atomic E-state index is 9.96. The molecule has 1 aliphatic heterocycles. The summed E-state index contributed by atoms with van der Waals surface area (Å²) in [7, 11) is 0. The Labute approximate surface area is 78.6 Å². The zero-order chi connectivity index (χ0) is 9.10. The number of hydrogen-bond acceptors (Lipinski definition) is 2. The van der Waals surface area contributed by atoms with Crippen LogP contribution in [0.1, 0.15) is 24.5 Å². The minimum absolute atomic E-state index is 0.252. The summed E-state index contributed by atoms with van der Waals surface area (Å²) in [5.41, 5.74) is 1.02. The van der Waals surface area contributed by atoms with Crippen LogP contribution in [-0.2, 0) is 0 Å². The normalized spacial score (nSPS) is 24.5. The van der Waals surface area contributed by atoms with Crippen molar-refractivity contribution >= 4 is 0 Å². The summed E-state index contributed by atoms with van der Waals surface area (Å²) in [5, 5.41) is 13.3. The maximum Gasteiger partial charge on any atom is 0.0942 e. The highest BCUT2D eigenvalue weighted by molar-refractivity contribution is 5.19. The van der Waals surface area contributed by atoms with Crippen LogP contribution in [0.15, 0.2) is 30.3 Å². The lowest BCUT2D eigenvalue weighted by Crippen LogP contribution is -2.28. The second-order valence-corrected chi connectivity index (χ2v) is 3.56. The number of rotatable bonds is 2. The van der Waals surface area contributed by atoms with Crippen LogP contribution in [0, 0.1) is 0 Å². The molecule has 1 heterocycles. The van der Waals surface area contributed by atoms with Crippen LogP contribution in [0.4, 0.5) is 0 Å². The minimum atomic E-state index is -0.344. The van der Waals surface area contributed by atoms with Gasteiger partial charge in [0, 0.05) is 6.04 Å². The predicted molar refractivity (Wildman–Crippen MR) is 52.4 cm³/mol. The molecule has 0 bridgehead atoms. The average Bonchev–Trinajstić information content (AvgIpc) is 2.71. The molecule has 0 aliphatic carbocycles. The monoisotopic (exact) mass is 177 g/mol. The quantitative estimate of drug-likeness (QED) is 0.717. The van der Waals surface area contributed by atoms with Gasteiger partial charge in [0.1, 0.15) is 0 Å². The highest BCUT2D eigenvalue weighted by Gasteiger charge is 2.23. The summed E-state index contributed by atoms with van der Waals surface area (Å²) in [6, 6.07) is 10.1. The van der Waals surface area contributed by atoms with Crippen LogP contribution < -0.4 is 5.32 Å². The second-order valence-electron chi connectivity index (χ2n) is 3.56. The van der Waals surface area contributed by atoms with Crippen LogP contribution in [0.2, 0.25) is 0 Å². The van der Waals surface area contributed by atoms with E-state index >= 15 is 0 Å². The van der Waals surface area contributed by atoms with E-state index in [1.165, 1.54) is 6.42 Å². The molecule has 1 aromatic rings. The van der Waals surface area contributed by atoms with E-state index in [9.17, 15) is 5.11 Å². The molecule has 0 unspecified atom stereocenters. The largest absolute Gasteiger partial charge is 0.387 e. The Kier molecular flexibility index (Phi) is 2.62. The molecule has 0 spiro atoms. The van der Waals surface area contributed by atoms with E-state index in [-0.39, 0.29) is 12.1 Å². The summed E-state index contributed by atoms with van der Waals surface area (Å²) in [4.78, 5) is 0. The van der Waals surface area contributed by atoms with Gasteiger partial charge < -0.3 is 10.4 Å². The topological polar surface area (TPSA) is 32.3 Å². The number of hydrogen-bond donors (Lipinski definition) is 2. The van der Waals surface area contributed by atoms with Crippen LogP contribution >= 0.6 is 0 Å². The van der Waals surface area contributed by atoms with Gasteiger partial charge in [-0.15, -0.1) is 0 Å². The van der Waals surface area contributed by atoms with E-state index in [1.807, 2.05) is 30.3 Å². The second kappa shape index (κ2) is 3.90. The maximum absolute atomic E-state index is 9.96. The molecule has 0 amide bonds. The van der Waals surface area contributed by atoms with E-state index in [0.29, 0.717) is 0 Å². The molecule has 70 valence electrons. The van der Waals surface area contributed by atoms with E-state index in [2.05, 4.69) is 5.32 Å². The molecule has 0 aromatic heterocycles. The molecule has 13 heavy (non-hydrogen) atoms. The van der Waals surface area contributed by atoms with Crippen molar-refractivity contribution in [2.45, 2.75) is 25.0 Å². The average molecular weight is 177 g/mol. The molecule has 0 radical (unpaired) electrons. The van der Waals surface area contributed by atoms with Gasteiger partial charge in [-0.2, -0.15) is 0 Å². The summed E-state index contributed by atoms with van der Waals surface area (Å²) in [6.45, 7) is 1.04. The fraction of sp³-hybridized carbons (Fsp3) is 0.455. The van der Waals surface area contributed by atoms with Gasteiger partial charge in [0.15, 0.2) is 0 Å². The summed E-state index contributed by atoms with van der Waals surface area (Å²) < 4.78 is 0. The van der Waals surface area contributed by atoms with Crippen molar-refractivity contribution in [2.24, 2.45) is 0 Å². The van der Waals surface area contributed by atoms with Gasteiger partial charge >= 0.3 is 0 Å². The van der Waals surface area contributed by atoms with Crippen LogP contribution in [-0.4, -0.2) is 17.7 Å². The molecule has 1 fully saturated rings. The molecule has 2 atom stereocenters. The zero-order valence-electron chi connectivity index (χ0n) is 7.61. The molecule has 2 nitrogen and oxygen atoms in total. The minimum Gasteiger partial charge on any atom is -0.387 e. The first-order valence-corrected chi connectivity index (χ1v) is 4.84. The van der Waals surface area contributed by atoms with Crippen LogP contribution in [0.25, 0.3) is 0 Å². The zero-order valence-corrected chi connectivity index (χ0v) is 7.61. The number of nitrogens with one attached hydrogen (secondary N) is 1. The SMILES string of the molecule is O[C@@H](c1ccccc1)[C@@H]1CCCN1. The van der Waals surface area contributed by atoms with Gasteiger partial charge in [-0.05, 0) is 24.9 Å². The first-order chi connectivity index (χ1) is 6.38. The summed E-state index contributed by atoms with van der Waals surface area (Å²) in [6.07, 6.45) is 1.91. The number of aliphatic hydroxyl groups is 1. The van der Waals surface area contributed by atoms with E-state index < -0.39 is 0 Å². The Morgan fingerprint density at radius 3 is 2.69 bits per heavy atom. The van der Waals surface area contributed by atoms with Crippen molar-refractivity contribution in [3.8, 4) is 0 Å². The number of benzene rings is 1. The molecule has 0 saturated carbocycles. The van der Waals surface area contributed by atoms with Gasteiger partial charge in [-0.25, -0.2) is 0 Å². The highest BCUT2D eigenvalue weighted by Crippen LogP contribution is 2.22. The van der Waals surface area contributed by atoms with E-state index in [1.54, 1.807) is 0 Å². The summed E-state index contributed by atoms with van der Waals surface area (Å²) in [5.74, 6) is 0. The highest BCUT2D eigenvalue weighted by atomic mass is 16.3. The molecule has 1 aliphatic rings. The van der Waals surface area contributed by atoms with Crippen molar-refractivity contribution in [2.75, 3.05) is 6.54 Å². The van der Waals surface area contributed by atoms with Crippen LogP contribution in [0.5, 0.6) is 0 Å². The Morgan fingerprint density at radius 2 is 2.08 bits per heavy atom. The molecular weight excluding hydrogens is 162 g/mol. The molecule has 2 N–H and O–H groups in total. The lowest BCUT2D eigenvalue weighted by atomic mass is 10.0. The standard InChI is InChI=1S/C11H15NO/c13-11(10-7-4-8-12-10)9-5-2-1-3-6-9/h1-3,5-6,10-13H,4,7-8H2/t10-,11-/m0/s1. The molecule has 1 aromatic carbocycles. The Bertz CT molecular complexity index is 254. The molecular formula is C11H15NO. The molecule has 2 heteroatoms. The first-order valence-electron chi connectivity index (χ1n) is 4.84. The van der Waals surface area contributed by atoms with Crippen LogP contribution in [0.3, 0.4) is 0 Å². The number of aliphatic hydroxyl groups excluding tert-OH is 1. The first kappa shape index (κ1) is 8.73. The van der Waals surface area contributed by atoms with E-state index in [0.717, 1.165) is 18.5 Å². The van der Waals surface area contributed by atoms with Crippen molar-refractivity contribution in [1.82, 2.24) is 5.32 Å². The van der Waals surface area contributed by atoms with Gasteiger partial charge in [-0.3, -0.25) is 0 Å². The smallest absolute Gasteiger partial charge is 0.0942 e. The lowest BCUT2D eigenvalue weighted by Gasteiger charge is -2.18. The summed E-state index contributed by atoms with van der Waals surface area (Å²) >= 11 is 0. The third kappa shape index (κ3) is 1.90. The fourth-order valence-electron chi connectivity index (χ4n) is 1.86.